The van der Waals surface area contributed by atoms with Crippen molar-refractivity contribution in [2.75, 3.05) is 0 Å². The molecule has 1 aromatic carbocycles. The van der Waals surface area contributed by atoms with Crippen LogP contribution in [0.4, 0.5) is 0 Å². The smallest absolute Gasteiger partial charge is 0.225 e. The summed E-state index contributed by atoms with van der Waals surface area (Å²) in [4.78, 5) is 14.4. The average Bonchev–Trinajstić information content (AvgIpc) is 2.84. The number of carbonyl (C=O) groups is 1. The van der Waals surface area contributed by atoms with Gasteiger partial charge in [0.05, 0.1) is 12.5 Å². The van der Waals surface area contributed by atoms with Gasteiger partial charge in [-0.2, -0.15) is 0 Å². The quantitative estimate of drug-likeness (QED) is 0.883. The molecule has 1 amide bonds. The molecule has 0 spiro atoms. The number of thiophene rings is 1. The van der Waals surface area contributed by atoms with Crippen LogP contribution in [0.2, 0.25) is 0 Å². The predicted molar refractivity (Wildman–Crippen MR) is 85.1 cm³/mol. The molecule has 0 aliphatic rings. The third kappa shape index (κ3) is 3.94. The van der Waals surface area contributed by atoms with Crippen molar-refractivity contribution in [3.8, 4) is 0 Å². The monoisotopic (exact) mass is 287 g/mol. The first-order valence-corrected chi connectivity index (χ1v) is 7.83. The number of nitrogens with one attached hydrogen (secondary N) is 1. The second-order valence-electron chi connectivity index (χ2n) is 5.07. The Morgan fingerprint density at radius 1 is 1.20 bits per heavy atom. The van der Waals surface area contributed by atoms with E-state index >= 15 is 0 Å². The van der Waals surface area contributed by atoms with Gasteiger partial charge in [0, 0.05) is 9.75 Å². The minimum absolute atomic E-state index is 0.0504. The van der Waals surface area contributed by atoms with Crippen molar-refractivity contribution in [3.63, 3.8) is 0 Å². The first-order valence-electron chi connectivity index (χ1n) is 7.02. The summed E-state index contributed by atoms with van der Waals surface area (Å²) in [6, 6.07) is 12.6. The fourth-order valence-corrected chi connectivity index (χ4v) is 3.05. The molecule has 1 aromatic heterocycles. The lowest BCUT2D eigenvalue weighted by atomic mass is 10.0. The SMILES string of the molecule is CCc1ccc([C@@H](C)NC(=O)Cc2ccc(C)s2)cc1. The Hall–Kier alpha value is -1.61. The van der Waals surface area contributed by atoms with E-state index in [2.05, 4.69) is 49.5 Å². The number of carbonyl (C=O) groups excluding carboxylic acids is 1. The van der Waals surface area contributed by atoms with Gasteiger partial charge in [-0.1, -0.05) is 31.2 Å². The van der Waals surface area contributed by atoms with E-state index in [-0.39, 0.29) is 11.9 Å². The summed E-state index contributed by atoms with van der Waals surface area (Å²) in [5.41, 5.74) is 2.47. The van der Waals surface area contributed by atoms with E-state index in [0.29, 0.717) is 6.42 Å². The Morgan fingerprint density at radius 2 is 1.90 bits per heavy atom. The van der Waals surface area contributed by atoms with Gasteiger partial charge < -0.3 is 5.32 Å². The molecule has 2 aromatic rings. The topological polar surface area (TPSA) is 29.1 Å². The molecule has 0 saturated carbocycles. The van der Waals surface area contributed by atoms with Gasteiger partial charge in [-0.15, -0.1) is 11.3 Å². The van der Waals surface area contributed by atoms with Crippen molar-refractivity contribution in [1.82, 2.24) is 5.32 Å². The molecule has 1 heterocycles. The van der Waals surface area contributed by atoms with Crippen molar-refractivity contribution in [1.29, 1.82) is 0 Å². The van der Waals surface area contributed by atoms with Crippen molar-refractivity contribution in [3.05, 3.63) is 57.3 Å². The summed E-state index contributed by atoms with van der Waals surface area (Å²) in [6.45, 7) is 6.23. The Bertz CT molecular complexity index is 571. The molecule has 20 heavy (non-hydrogen) atoms. The minimum atomic E-state index is 0.0504. The highest BCUT2D eigenvalue weighted by Crippen LogP contribution is 2.17. The summed E-state index contributed by atoms with van der Waals surface area (Å²) in [6.07, 6.45) is 1.51. The molecule has 106 valence electrons. The van der Waals surface area contributed by atoms with Crippen LogP contribution >= 0.6 is 11.3 Å². The van der Waals surface area contributed by atoms with Crippen LogP contribution in [-0.2, 0) is 17.6 Å². The van der Waals surface area contributed by atoms with Crippen molar-refractivity contribution >= 4 is 17.2 Å². The zero-order chi connectivity index (χ0) is 14.5. The molecule has 0 aliphatic carbocycles. The van der Waals surface area contributed by atoms with Crippen molar-refractivity contribution in [2.45, 2.75) is 39.7 Å². The van der Waals surface area contributed by atoms with Gasteiger partial charge in [0.2, 0.25) is 5.91 Å². The Kier molecular flexibility index (Phi) is 4.96. The fraction of sp³-hybridized carbons (Fsp3) is 0.353. The van der Waals surface area contributed by atoms with E-state index in [9.17, 15) is 4.79 Å². The average molecular weight is 287 g/mol. The van der Waals surface area contributed by atoms with Crippen LogP contribution in [0.25, 0.3) is 0 Å². The lowest BCUT2D eigenvalue weighted by Gasteiger charge is -2.14. The van der Waals surface area contributed by atoms with Crippen LogP contribution < -0.4 is 5.32 Å². The fourth-order valence-electron chi connectivity index (χ4n) is 2.16. The molecule has 0 unspecified atom stereocenters. The van der Waals surface area contributed by atoms with E-state index in [1.165, 1.54) is 10.4 Å². The maximum absolute atomic E-state index is 12.0. The molecule has 0 fully saturated rings. The predicted octanol–water partition coefficient (Wildman–Crippen LogP) is 4.04. The normalized spacial score (nSPS) is 12.2. The van der Waals surface area contributed by atoms with Crippen LogP contribution in [0.5, 0.6) is 0 Å². The molecular weight excluding hydrogens is 266 g/mol. The van der Waals surface area contributed by atoms with Gasteiger partial charge in [-0.3, -0.25) is 4.79 Å². The van der Waals surface area contributed by atoms with Gasteiger partial charge in [-0.05, 0) is 43.5 Å². The summed E-state index contributed by atoms with van der Waals surface area (Å²) in [5, 5.41) is 3.06. The molecule has 0 bridgehead atoms. The van der Waals surface area contributed by atoms with Crippen LogP contribution in [0.1, 0.15) is 40.8 Å². The van der Waals surface area contributed by atoms with Gasteiger partial charge in [0.1, 0.15) is 0 Å². The zero-order valence-corrected chi connectivity index (χ0v) is 13.1. The van der Waals surface area contributed by atoms with Gasteiger partial charge >= 0.3 is 0 Å². The second kappa shape index (κ2) is 6.71. The van der Waals surface area contributed by atoms with Gasteiger partial charge in [0.15, 0.2) is 0 Å². The summed E-state index contributed by atoms with van der Waals surface area (Å²) in [7, 11) is 0. The maximum atomic E-state index is 12.0. The van der Waals surface area contributed by atoms with E-state index < -0.39 is 0 Å². The highest BCUT2D eigenvalue weighted by Gasteiger charge is 2.10. The van der Waals surface area contributed by atoms with Crippen molar-refractivity contribution < 1.29 is 4.79 Å². The Labute approximate surface area is 124 Å². The molecule has 1 N–H and O–H groups in total. The first-order chi connectivity index (χ1) is 9.58. The van der Waals surface area contributed by atoms with Crippen LogP contribution in [0.15, 0.2) is 36.4 Å². The number of hydrogen-bond acceptors (Lipinski definition) is 2. The summed E-state index contributed by atoms with van der Waals surface area (Å²) in [5.74, 6) is 0.0823. The van der Waals surface area contributed by atoms with Crippen LogP contribution in [0.3, 0.4) is 0 Å². The molecule has 0 aliphatic heterocycles. The highest BCUT2D eigenvalue weighted by molar-refractivity contribution is 7.12. The van der Waals surface area contributed by atoms with E-state index in [1.807, 2.05) is 13.0 Å². The number of amides is 1. The lowest BCUT2D eigenvalue weighted by molar-refractivity contribution is -0.121. The van der Waals surface area contributed by atoms with E-state index in [0.717, 1.165) is 16.9 Å². The highest BCUT2D eigenvalue weighted by atomic mass is 32.1. The minimum Gasteiger partial charge on any atom is -0.349 e. The number of benzene rings is 1. The third-order valence-corrected chi connectivity index (χ3v) is 4.40. The Balaban J connectivity index is 1.92. The van der Waals surface area contributed by atoms with Gasteiger partial charge in [0.25, 0.3) is 0 Å². The number of rotatable bonds is 5. The number of aryl methyl sites for hydroxylation is 2. The van der Waals surface area contributed by atoms with Crippen LogP contribution in [-0.4, -0.2) is 5.91 Å². The molecule has 0 radical (unpaired) electrons. The third-order valence-electron chi connectivity index (χ3n) is 3.40. The van der Waals surface area contributed by atoms with E-state index in [1.54, 1.807) is 11.3 Å². The zero-order valence-electron chi connectivity index (χ0n) is 12.3. The van der Waals surface area contributed by atoms with Crippen molar-refractivity contribution in [2.24, 2.45) is 0 Å². The maximum Gasteiger partial charge on any atom is 0.225 e. The standard InChI is InChI=1S/C17H21NOS/c1-4-14-6-8-15(9-7-14)13(3)18-17(19)11-16-10-5-12(2)20-16/h5-10,13H,4,11H2,1-3H3,(H,18,19)/t13-/m1/s1. The lowest BCUT2D eigenvalue weighted by Crippen LogP contribution is -2.27. The summed E-state index contributed by atoms with van der Waals surface area (Å²) < 4.78 is 0. The first kappa shape index (κ1) is 14.8. The Morgan fingerprint density at radius 3 is 2.45 bits per heavy atom. The summed E-state index contributed by atoms with van der Waals surface area (Å²) >= 11 is 1.68. The molecule has 2 nitrogen and oxygen atoms in total. The van der Waals surface area contributed by atoms with Crippen LogP contribution in [0, 0.1) is 6.92 Å². The molecule has 1 atom stereocenters. The second-order valence-corrected chi connectivity index (χ2v) is 6.45. The van der Waals surface area contributed by atoms with E-state index in [4.69, 9.17) is 0 Å². The largest absolute Gasteiger partial charge is 0.349 e. The molecule has 0 saturated heterocycles. The molecule has 3 heteroatoms. The van der Waals surface area contributed by atoms with Gasteiger partial charge in [-0.25, -0.2) is 0 Å². The molecular formula is C17H21NOS. The number of hydrogen-bond donors (Lipinski definition) is 1. The molecule has 2 rings (SSSR count).